The lowest BCUT2D eigenvalue weighted by Crippen LogP contribution is -2.47. The van der Waals surface area contributed by atoms with Gasteiger partial charge >= 0.3 is 0 Å². The largest absolute Gasteiger partial charge is 0.324 e. The number of hydrogen-bond acceptors (Lipinski definition) is 4. The average molecular weight is 286 g/mol. The van der Waals surface area contributed by atoms with Gasteiger partial charge in [0.25, 0.3) is 10.2 Å². The molecule has 106 valence electrons. The molecule has 0 aromatic heterocycles. The van der Waals surface area contributed by atoms with Crippen LogP contribution < -0.4 is 20.9 Å². The molecular weight excluding hydrogens is 268 g/mol. The Kier molecular flexibility index (Phi) is 4.51. The third-order valence-corrected chi connectivity index (χ3v) is 3.15. The van der Waals surface area contributed by atoms with Crippen molar-refractivity contribution >= 4 is 27.5 Å². The van der Waals surface area contributed by atoms with Crippen LogP contribution in [0.15, 0.2) is 24.3 Å². The second kappa shape index (κ2) is 5.55. The second-order valence-electron chi connectivity index (χ2n) is 4.45. The molecular formula is C11H18N4O3S. The van der Waals surface area contributed by atoms with E-state index in [-0.39, 0.29) is 11.6 Å². The van der Waals surface area contributed by atoms with E-state index in [0.717, 1.165) is 0 Å². The van der Waals surface area contributed by atoms with Crippen molar-refractivity contribution in [2.75, 3.05) is 10.0 Å². The van der Waals surface area contributed by atoms with E-state index in [4.69, 9.17) is 10.9 Å². The fraction of sp³-hybridized carbons (Fsp3) is 0.364. The molecule has 0 spiro atoms. The van der Waals surface area contributed by atoms with Crippen LogP contribution in [0.3, 0.4) is 0 Å². The number of anilines is 2. The molecule has 19 heavy (non-hydrogen) atoms. The Morgan fingerprint density at radius 2 is 1.95 bits per heavy atom. The molecule has 0 bridgehead atoms. The van der Waals surface area contributed by atoms with E-state index in [1.54, 1.807) is 26.0 Å². The fourth-order valence-electron chi connectivity index (χ4n) is 1.26. The monoisotopic (exact) mass is 286 g/mol. The summed E-state index contributed by atoms with van der Waals surface area (Å²) in [5.41, 5.74) is 5.51. The highest BCUT2D eigenvalue weighted by Crippen LogP contribution is 2.17. The molecule has 0 aliphatic heterocycles. The summed E-state index contributed by atoms with van der Waals surface area (Å²) in [5.74, 6) is -0.345. The maximum atomic E-state index is 11.9. The summed E-state index contributed by atoms with van der Waals surface area (Å²) in [4.78, 5) is 11.9. The minimum absolute atomic E-state index is 0.260. The van der Waals surface area contributed by atoms with E-state index in [2.05, 4.69) is 10.0 Å². The highest BCUT2D eigenvalue weighted by molar-refractivity contribution is 7.90. The summed E-state index contributed by atoms with van der Waals surface area (Å²) in [6, 6.07) is 6.18. The van der Waals surface area contributed by atoms with Crippen LogP contribution in [0, 0.1) is 0 Å². The van der Waals surface area contributed by atoms with Crippen molar-refractivity contribution in [3.8, 4) is 0 Å². The van der Waals surface area contributed by atoms with E-state index in [9.17, 15) is 13.2 Å². The first-order chi connectivity index (χ1) is 8.64. The van der Waals surface area contributed by atoms with Gasteiger partial charge in [-0.05, 0) is 31.5 Å². The molecule has 0 saturated heterocycles. The zero-order chi connectivity index (χ0) is 14.7. The molecule has 1 unspecified atom stereocenters. The standard InChI is InChI=1S/C11H18N4O3S/c1-3-11(2,12)10(16)14-8-5-4-6-9(7-8)15-19(13,17)18/h4-7,15H,3,12H2,1-2H3,(H,14,16)(H2,13,17,18). The van der Waals surface area contributed by atoms with Crippen LogP contribution in [-0.4, -0.2) is 19.9 Å². The van der Waals surface area contributed by atoms with Gasteiger partial charge in [-0.2, -0.15) is 8.42 Å². The van der Waals surface area contributed by atoms with Crippen LogP contribution in [0.2, 0.25) is 0 Å². The molecule has 0 aliphatic rings. The average Bonchev–Trinajstić information content (AvgIpc) is 2.27. The van der Waals surface area contributed by atoms with Crippen molar-refractivity contribution in [3.63, 3.8) is 0 Å². The van der Waals surface area contributed by atoms with Crippen molar-refractivity contribution in [1.82, 2.24) is 0 Å². The van der Waals surface area contributed by atoms with Crippen molar-refractivity contribution in [3.05, 3.63) is 24.3 Å². The summed E-state index contributed by atoms with van der Waals surface area (Å²) in [6.07, 6.45) is 0.480. The number of benzene rings is 1. The highest BCUT2D eigenvalue weighted by Gasteiger charge is 2.25. The summed E-state index contributed by atoms with van der Waals surface area (Å²) in [7, 11) is -3.84. The molecule has 0 heterocycles. The minimum atomic E-state index is -3.84. The predicted molar refractivity (Wildman–Crippen MR) is 74.7 cm³/mol. The third kappa shape index (κ3) is 4.86. The van der Waals surface area contributed by atoms with Crippen LogP contribution in [0.4, 0.5) is 11.4 Å². The summed E-state index contributed by atoms with van der Waals surface area (Å²) >= 11 is 0. The molecule has 1 aromatic carbocycles. The van der Waals surface area contributed by atoms with Gasteiger partial charge in [0, 0.05) is 5.69 Å². The molecule has 0 aliphatic carbocycles. The SMILES string of the molecule is CCC(C)(N)C(=O)Nc1cccc(NS(N)(=O)=O)c1. The van der Waals surface area contributed by atoms with Gasteiger partial charge < -0.3 is 11.1 Å². The lowest BCUT2D eigenvalue weighted by atomic mass is 9.99. The smallest absolute Gasteiger partial charge is 0.296 e. The number of carbonyl (C=O) groups excluding carboxylic acids is 1. The zero-order valence-corrected chi connectivity index (χ0v) is 11.6. The molecule has 6 N–H and O–H groups in total. The van der Waals surface area contributed by atoms with Crippen LogP contribution in [0.1, 0.15) is 20.3 Å². The Bertz CT molecular complexity index is 569. The molecule has 0 radical (unpaired) electrons. The van der Waals surface area contributed by atoms with Gasteiger partial charge in [0.05, 0.1) is 11.2 Å². The third-order valence-electron chi connectivity index (χ3n) is 2.63. The summed E-state index contributed by atoms with van der Waals surface area (Å²) in [6.45, 7) is 3.42. The maximum absolute atomic E-state index is 11.9. The van der Waals surface area contributed by atoms with E-state index >= 15 is 0 Å². The molecule has 8 heteroatoms. The first-order valence-corrected chi connectivity index (χ1v) is 7.19. The topological polar surface area (TPSA) is 127 Å². The molecule has 1 atom stereocenters. The number of hydrogen-bond donors (Lipinski definition) is 4. The Balaban J connectivity index is 2.87. The molecule has 0 fully saturated rings. The Hall–Kier alpha value is -1.64. The van der Waals surface area contributed by atoms with Crippen molar-refractivity contribution in [2.24, 2.45) is 10.9 Å². The molecule has 7 nitrogen and oxygen atoms in total. The number of nitrogens with two attached hydrogens (primary N) is 2. The van der Waals surface area contributed by atoms with Gasteiger partial charge in [0.15, 0.2) is 0 Å². The Labute approximate surface area is 112 Å². The van der Waals surface area contributed by atoms with Crippen molar-refractivity contribution in [1.29, 1.82) is 0 Å². The van der Waals surface area contributed by atoms with Gasteiger partial charge in [0.2, 0.25) is 5.91 Å². The van der Waals surface area contributed by atoms with Gasteiger partial charge in [-0.1, -0.05) is 13.0 Å². The lowest BCUT2D eigenvalue weighted by molar-refractivity contribution is -0.120. The second-order valence-corrected chi connectivity index (χ2v) is 5.75. The first kappa shape index (κ1) is 15.4. The van der Waals surface area contributed by atoms with E-state index in [1.807, 2.05) is 0 Å². The summed E-state index contributed by atoms with van der Waals surface area (Å²) in [5, 5.41) is 7.48. The maximum Gasteiger partial charge on any atom is 0.296 e. The van der Waals surface area contributed by atoms with Crippen LogP contribution >= 0.6 is 0 Å². The Morgan fingerprint density at radius 1 is 1.37 bits per heavy atom. The number of carbonyl (C=O) groups is 1. The quantitative estimate of drug-likeness (QED) is 0.623. The van der Waals surface area contributed by atoms with Crippen LogP contribution in [0.25, 0.3) is 0 Å². The Morgan fingerprint density at radius 3 is 2.47 bits per heavy atom. The van der Waals surface area contributed by atoms with Crippen LogP contribution in [-0.2, 0) is 15.0 Å². The van der Waals surface area contributed by atoms with Crippen molar-refractivity contribution < 1.29 is 13.2 Å². The predicted octanol–water partition coefficient (Wildman–Crippen LogP) is 0.368. The minimum Gasteiger partial charge on any atom is -0.324 e. The van der Waals surface area contributed by atoms with Crippen LogP contribution in [0.5, 0.6) is 0 Å². The highest BCUT2D eigenvalue weighted by atomic mass is 32.2. The molecule has 0 saturated carbocycles. The lowest BCUT2D eigenvalue weighted by Gasteiger charge is -2.21. The number of rotatable bonds is 5. The number of nitrogens with one attached hydrogen (secondary N) is 2. The first-order valence-electron chi connectivity index (χ1n) is 5.65. The van der Waals surface area contributed by atoms with E-state index < -0.39 is 15.7 Å². The van der Waals surface area contributed by atoms with E-state index in [1.165, 1.54) is 12.1 Å². The van der Waals surface area contributed by atoms with Gasteiger partial charge in [0.1, 0.15) is 0 Å². The normalized spacial score (nSPS) is 14.5. The number of amides is 1. The van der Waals surface area contributed by atoms with Gasteiger partial charge in [-0.3, -0.25) is 9.52 Å². The van der Waals surface area contributed by atoms with Crippen molar-refractivity contribution in [2.45, 2.75) is 25.8 Å². The molecule has 1 aromatic rings. The molecule has 1 rings (SSSR count). The van der Waals surface area contributed by atoms with E-state index in [0.29, 0.717) is 12.1 Å². The summed E-state index contributed by atoms with van der Waals surface area (Å²) < 4.78 is 23.9. The fourth-order valence-corrected chi connectivity index (χ4v) is 1.71. The molecule has 1 amide bonds. The zero-order valence-electron chi connectivity index (χ0n) is 10.8. The van der Waals surface area contributed by atoms with Gasteiger partial charge in [-0.15, -0.1) is 0 Å². The van der Waals surface area contributed by atoms with Gasteiger partial charge in [-0.25, -0.2) is 5.14 Å².